The molecular formula is C38H36F2N6O5. The number of benzene rings is 2. The number of halogens is 2. The number of pyridine rings is 1. The molecule has 9 rings (SSSR count). The minimum Gasteiger partial charge on any atom is -0.472 e. The summed E-state index contributed by atoms with van der Waals surface area (Å²) in [5.74, 6) is 1.51. The van der Waals surface area contributed by atoms with E-state index in [9.17, 15) is 9.90 Å². The lowest BCUT2D eigenvalue weighted by atomic mass is 9.91. The second-order valence-corrected chi connectivity index (χ2v) is 14.3. The number of methoxy groups -OCH3 is 1. The Kier molecular flexibility index (Phi) is 7.18. The molecule has 5 aliphatic rings. The molecule has 2 aromatic heterocycles. The van der Waals surface area contributed by atoms with E-state index in [4.69, 9.17) is 35.6 Å². The van der Waals surface area contributed by atoms with Crippen LogP contribution in [0.2, 0.25) is 0 Å². The molecule has 6 atom stereocenters. The molecule has 4 fully saturated rings. The Bertz CT molecular complexity index is 2210. The van der Waals surface area contributed by atoms with Gasteiger partial charge in [0.15, 0.2) is 5.82 Å². The highest BCUT2D eigenvalue weighted by atomic mass is 19.1. The van der Waals surface area contributed by atoms with E-state index < -0.39 is 35.4 Å². The largest absolute Gasteiger partial charge is 0.472 e. The number of fused-ring (bicyclic) bond motifs is 7. The number of carbonyl (C=O) groups is 1. The van der Waals surface area contributed by atoms with Crippen molar-refractivity contribution in [2.45, 2.75) is 68.5 Å². The fourth-order valence-electron chi connectivity index (χ4n) is 9.60. The highest BCUT2D eigenvalue weighted by Gasteiger charge is 2.55. The summed E-state index contributed by atoms with van der Waals surface area (Å²) in [4.78, 5) is 32.7. The quantitative estimate of drug-likeness (QED) is 0.216. The molecule has 1 amide bonds. The molecule has 4 saturated heterocycles. The summed E-state index contributed by atoms with van der Waals surface area (Å²) in [5, 5.41) is 11.4. The van der Waals surface area contributed by atoms with Crippen molar-refractivity contribution in [3.63, 3.8) is 0 Å². The van der Waals surface area contributed by atoms with Crippen molar-refractivity contribution in [1.29, 1.82) is 0 Å². The monoisotopic (exact) mass is 694 g/mol. The lowest BCUT2D eigenvalue weighted by Crippen LogP contribution is -2.64. The molecule has 0 spiro atoms. The normalized spacial score (nSPS) is 28.1. The Morgan fingerprint density at radius 2 is 2.02 bits per heavy atom. The summed E-state index contributed by atoms with van der Waals surface area (Å²) >= 11 is 0. The number of terminal acetylenes is 1. The van der Waals surface area contributed by atoms with Gasteiger partial charge in [-0.05, 0) is 44.1 Å². The summed E-state index contributed by atoms with van der Waals surface area (Å²) in [5.41, 5.74) is 0.679. The van der Waals surface area contributed by atoms with Gasteiger partial charge in [0.2, 0.25) is 5.88 Å². The first-order valence-corrected chi connectivity index (χ1v) is 17.2. The second-order valence-electron chi connectivity index (χ2n) is 14.3. The van der Waals surface area contributed by atoms with Gasteiger partial charge in [-0.1, -0.05) is 42.3 Å². The molecule has 4 aromatic rings. The number of hydrogen-bond acceptors (Lipinski definition) is 9. The zero-order valence-electron chi connectivity index (χ0n) is 28.2. The molecule has 51 heavy (non-hydrogen) atoms. The maximum atomic E-state index is 17.3. The first kappa shape index (κ1) is 31.9. The van der Waals surface area contributed by atoms with E-state index in [0.29, 0.717) is 42.4 Å². The van der Waals surface area contributed by atoms with Crippen LogP contribution < -0.4 is 14.4 Å². The van der Waals surface area contributed by atoms with Gasteiger partial charge < -0.3 is 24.2 Å². The number of piperazine rings is 1. The first-order chi connectivity index (χ1) is 24.6. The highest BCUT2D eigenvalue weighted by Crippen LogP contribution is 2.48. The zero-order valence-corrected chi connectivity index (χ0v) is 28.2. The van der Waals surface area contributed by atoms with Gasteiger partial charge in [-0.2, -0.15) is 9.97 Å². The van der Waals surface area contributed by atoms with Gasteiger partial charge in [-0.3, -0.25) is 9.80 Å². The minimum atomic E-state index is -0.988. The minimum absolute atomic E-state index is 0.00918. The van der Waals surface area contributed by atoms with E-state index in [1.165, 1.54) is 11.0 Å². The van der Waals surface area contributed by atoms with Crippen LogP contribution in [-0.4, -0.2) is 105 Å². The molecule has 13 heteroatoms. The van der Waals surface area contributed by atoms with Crippen molar-refractivity contribution >= 4 is 33.6 Å². The van der Waals surface area contributed by atoms with Crippen molar-refractivity contribution in [2.24, 2.45) is 0 Å². The van der Waals surface area contributed by atoms with Crippen LogP contribution in [0.3, 0.4) is 0 Å². The van der Waals surface area contributed by atoms with E-state index in [1.54, 1.807) is 31.4 Å². The van der Waals surface area contributed by atoms with Crippen LogP contribution in [0.15, 0.2) is 42.5 Å². The van der Waals surface area contributed by atoms with Crippen LogP contribution >= 0.6 is 0 Å². The third kappa shape index (κ3) is 4.55. The predicted octanol–water partition coefficient (Wildman–Crippen LogP) is 5.38. The molecule has 0 radical (unpaired) electrons. The topological polar surface area (TPSA) is 113 Å². The lowest BCUT2D eigenvalue weighted by molar-refractivity contribution is -0.0119. The van der Waals surface area contributed by atoms with Gasteiger partial charge in [0, 0.05) is 37.7 Å². The van der Waals surface area contributed by atoms with Gasteiger partial charge >= 0.3 is 12.1 Å². The maximum absolute atomic E-state index is 17.3. The van der Waals surface area contributed by atoms with Gasteiger partial charge in [0.1, 0.15) is 40.9 Å². The SMILES string of the molecule is C#Cc1c(F)ccc2cccc(-c3nc4c5c(nc(OCC67CC(=C)CN6CC[C@H]7OC)nc5c3F)N3CC5CCC(C3C(C)O4)N5C(=O)O)c12. The average molecular weight is 695 g/mol. The summed E-state index contributed by atoms with van der Waals surface area (Å²) in [6.07, 6.45) is 6.96. The average Bonchev–Trinajstić information content (AvgIpc) is 3.71. The summed E-state index contributed by atoms with van der Waals surface area (Å²) in [6.45, 7) is 8.18. The fraction of sp³-hybridized carbons (Fsp3) is 0.421. The number of aromatic nitrogens is 3. The van der Waals surface area contributed by atoms with Crippen molar-refractivity contribution in [2.75, 3.05) is 38.3 Å². The molecule has 0 aliphatic carbocycles. The Hall–Kier alpha value is -5.06. The van der Waals surface area contributed by atoms with Gasteiger partial charge in [-0.15, -0.1) is 6.42 Å². The van der Waals surface area contributed by atoms with Gasteiger partial charge in [0.05, 0.1) is 35.3 Å². The molecule has 5 aliphatic heterocycles. The standard InChI is InChI=1S/C38H36F2N6O5/c1-5-23-25(39)11-9-21-7-6-8-24(28(21)23)31-30(40)32-29-34(43-36(42-32)50-18-38-15-19(2)16-44(38)14-13-27(38)49-4)45-17-22-10-12-26(46(22)37(47)48)33(45)20(3)51-35(29)41-31/h1,6-9,11,20,22,26-27,33H,2,10,12-18H2,3-4H3,(H,47,48)/t20?,22?,26?,27-,33?,38?/m1/s1. The van der Waals surface area contributed by atoms with Crippen molar-refractivity contribution in [1.82, 2.24) is 24.8 Å². The second kappa shape index (κ2) is 11.5. The summed E-state index contributed by atoms with van der Waals surface area (Å²) in [7, 11) is 1.69. The molecule has 2 aromatic carbocycles. The third-order valence-electron chi connectivity index (χ3n) is 11.7. The van der Waals surface area contributed by atoms with Crippen molar-refractivity contribution < 1.29 is 32.9 Å². The van der Waals surface area contributed by atoms with E-state index >= 15 is 8.78 Å². The number of amides is 1. The zero-order chi connectivity index (χ0) is 35.3. The Morgan fingerprint density at radius 1 is 1.18 bits per heavy atom. The Labute approximate surface area is 292 Å². The first-order valence-electron chi connectivity index (χ1n) is 17.2. The van der Waals surface area contributed by atoms with Crippen molar-refractivity contribution in [3.05, 3.63) is 59.7 Å². The Morgan fingerprint density at radius 3 is 2.80 bits per heavy atom. The number of nitrogens with zero attached hydrogens (tertiary/aromatic N) is 6. The number of rotatable bonds is 5. The van der Waals surface area contributed by atoms with Crippen LogP contribution in [0.5, 0.6) is 11.9 Å². The van der Waals surface area contributed by atoms with Gasteiger partial charge in [-0.25, -0.2) is 18.6 Å². The molecule has 2 bridgehead atoms. The lowest BCUT2D eigenvalue weighted by Gasteiger charge is -2.47. The molecule has 11 nitrogen and oxygen atoms in total. The predicted molar refractivity (Wildman–Crippen MR) is 185 cm³/mol. The van der Waals surface area contributed by atoms with Crippen LogP contribution in [0, 0.1) is 24.0 Å². The number of hydrogen-bond donors (Lipinski definition) is 1. The van der Waals surface area contributed by atoms with Gasteiger partial charge in [0.25, 0.3) is 0 Å². The van der Waals surface area contributed by atoms with E-state index in [1.807, 2.05) is 11.8 Å². The molecule has 262 valence electrons. The third-order valence-corrected chi connectivity index (χ3v) is 11.7. The fourth-order valence-corrected chi connectivity index (χ4v) is 9.60. The van der Waals surface area contributed by atoms with E-state index in [0.717, 1.165) is 25.1 Å². The Balaban J connectivity index is 1.25. The summed E-state index contributed by atoms with van der Waals surface area (Å²) < 4.78 is 51.3. The maximum Gasteiger partial charge on any atom is 0.407 e. The smallest absolute Gasteiger partial charge is 0.407 e. The molecule has 5 unspecified atom stereocenters. The van der Waals surface area contributed by atoms with E-state index in [-0.39, 0.29) is 64.4 Å². The highest BCUT2D eigenvalue weighted by molar-refractivity contribution is 6.03. The van der Waals surface area contributed by atoms with Crippen molar-refractivity contribution in [3.8, 4) is 35.5 Å². The van der Waals surface area contributed by atoms with Crippen LogP contribution in [0.25, 0.3) is 32.9 Å². The number of ether oxygens (including phenoxy) is 3. The van der Waals surface area contributed by atoms with Crippen LogP contribution in [-0.2, 0) is 4.74 Å². The molecule has 7 heterocycles. The molecule has 0 saturated carbocycles. The van der Waals surface area contributed by atoms with E-state index in [2.05, 4.69) is 17.4 Å². The van der Waals surface area contributed by atoms with Crippen LogP contribution in [0.1, 0.15) is 38.2 Å². The molecule has 1 N–H and O–H groups in total. The summed E-state index contributed by atoms with van der Waals surface area (Å²) in [6, 6.07) is 6.86. The number of carboxylic acid groups (broad SMARTS) is 1. The number of anilines is 1. The van der Waals surface area contributed by atoms with Crippen LogP contribution in [0.4, 0.5) is 19.4 Å². The molecular weight excluding hydrogens is 658 g/mol.